The number of carbonyl (C=O) groups excluding carboxylic acids is 1. The van der Waals surface area contributed by atoms with Crippen LogP contribution in [0.25, 0.3) is 0 Å². The lowest BCUT2D eigenvalue weighted by Gasteiger charge is -2.23. The van der Waals surface area contributed by atoms with E-state index in [1.165, 1.54) is 4.90 Å². The van der Waals surface area contributed by atoms with Crippen LogP contribution in [0, 0.1) is 0 Å². The van der Waals surface area contributed by atoms with Crippen LogP contribution in [0.1, 0.15) is 25.3 Å². The third-order valence-electron chi connectivity index (χ3n) is 6.82. The Hall–Kier alpha value is -4.47. The molecule has 2 amide bonds. The maximum absolute atomic E-state index is 13.3. The Morgan fingerprint density at radius 2 is 1.44 bits per heavy atom. The fraction of sp³-hybridized carbons (Fsp3) is 0.278. The molecule has 0 bridgehead atoms. The van der Waals surface area contributed by atoms with Gasteiger partial charge in [-0.15, -0.1) is 11.8 Å². The number of rotatable bonds is 18. The molecule has 0 aliphatic rings. The molecule has 0 aliphatic carbocycles. The number of unbranched alkanes of at least 4 members (excludes halogenated alkanes) is 1. The summed E-state index contributed by atoms with van der Waals surface area (Å²) < 4.78 is 17.1. The van der Waals surface area contributed by atoms with Crippen LogP contribution in [0.5, 0.6) is 17.2 Å². The van der Waals surface area contributed by atoms with Crippen molar-refractivity contribution in [1.29, 1.82) is 0 Å². The van der Waals surface area contributed by atoms with Crippen LogP contribution in [0.2, 0.25) is 0 Å². The van der Waals surface area contributed by atoms with Gasteiger partial charge in [-0.25, -0.2) is 9.59 Å². The Labute approximate surface area is 269 Å². The molecule has 4 rings (SSSR count). The van der Waals surface area contributed by atoms with Gasteiger partial charge in [0.2, 0.25) is 0 Å². The van der Waals surface area contributed by atoms with Crippen molar-refractivity contribution in [3.05, 3.63) is 115 Å². The number of aliphatic carboxylic acids is 1. The molecule has 4 aromatic carbocycles. The van der Waals surface area contributed by atoms with Gasteiger partial charge in [-0.3, -0.25) is 0 Å². The predicted octanol–water partition coefficient (Wildman–Crippen LogP) is 8.00. The molecule has 236 valence electrons. The molecule has 0 fully saturated rings. The second kappa shape index (κ2) is 18.4. The van der Waals surface area contributed by atoms with Crippen LogP contribution in [0.15, 0.2) is 114 Å². The standard InChI is InChI=1S/C36H40N2O6S/c1-2-42-34(35(39)40)27-28-15-19-30(20-16-28)43-25-24-38(23-9-10-26-45-33-13-7-4-8-14-33)36(41)37-29-17-21-32(22-18-29)44-31-11-5-3-6-12-31/h3-8,11-22,34H,2,9-10,23-27H2,1H3,(H,37,41)(H,39,40). The highest BCUT2D eigenvalue weighted by atomic mass is 32.2. The topological polar surface area (TPSA) is 97.3 Å². The lowest BCUT2D eigenvalue weighted by molar-refractivity contribution is -0.149. The summed E-state index contributed by atoms with van der Waals surface area (Å²) in [5.74, 6) is 2.07. The molecule has 0 saturated heterocycles. The molecule has 0 spiro atoms. The van der Waals surface area contributed by atoms with Crippen molar-refractivity contribution in [2.75, 3.05) is 37.4 Å². The second-order valence-electron chi connectivity index (χ2n) is 10.2. The molecule has 45 heavy (non-hydrogen) atoms. The monoisotopic (exact) mass is 628 g/mol. The van der Waals surface area contributed by atoms with Gasteiger partial charge in [-0.2, -0.15) is 0 Å². The highest BCUT2D eigenvalue weighted by Gasteiger charge is 2.18. The maximum Gasteiger partial charge on any atom is 0.333 e. The number of hydrogen-bond donors (Lipinski definition) is 2. The Morgan fingerprint density at radius 3 is 2.11 bits per heavy atom. The number of nitrogens with zero attached hydrogens (tertiary/aromatic N) is 1. The van der Waals surface area contributed by atoms with Crippen LogP contribution >= 0.6 is 11.8 Å². The highest BCUT2D eigenvalue weighted by molar-refractivity contribution is 7.99. The van der Waals surface area contributed by atoms with E-state index in [-0.39, 0.29) is 12.5 Å². The van der Waals surface area contributed by atoms with E-state index in [1.54, 1.807) is 11.8 Å². The van der Waals surface area contributed by atoms with E-state index >= 15 is 0 Å². The smallest absolute Gasteiger partial charge is 0.333 e. The number of anilines is 1. The van der Waals surface area contributed by atoms with Gasteiger partial charge in [0.1, 0.15) is 23.9 Å². The first-order chi connectivity index (χ1) is 22.0. The Kier molecular flexibility index (Phi) is 13.6. The zero-order chi connectivity index (χ0) is 31.7. The third-order valence-corrected chi connectivity index (χ3v) is 7.92. The number of thioether (sulfide) groups is 1. The molecule has 8 nitrogen and oxygen atoms in total. The summed E-state index contributed by atoms with van der Waals surface area (Å²) in [5.41, 5.74) is 1.52. The molecular formula is C36H40N2O6S. The first-order valence-corrected chi connectivity index (χ1v) is 16.1. The summed E-state index contributed by atoms with van der Waals surface area (Å²) in [5, 5.41) is 12.3. The summed E-state index contributed by atoms with van der Waals surface area (Å²) >= 11 is 1.81. The quantitative estimate of drug-likeness (QED) is 0.0851. The van der Waals surface area contributed by atoms with Gasteiger partial charge in [0.15, 0.2) is 6.10 Å². The molecule has 2 N–H and O–H groups in total. The van der Waals surface area contributed by atoms with Crippen LogP contribution in [-0.2, 0) is 16.0 Å². The number of carbonyl (C=O) groups is 2. The second-order valence-corrected chi connectivity index (χ2v) is 11.4. The van der Waals surface area contributed by atoms with Gasteiger partial charge >= 0.3 is 12.0 Å². The number of amides is 2. The average Bonchev–Trinajstić information content (AvgIpc) is 3.06. The van der Waals surface area contributed by atoms with E-state index in [9.17, 15) is 14.7 Å². The molecule has 0 heterocycles. The summed E-state index contributed by atoms with van der Waals surface area (Å²) in [7, 11) is 0. The van der Waals surface area contributed by atoms with Crippen LogP contribution in [0.3, 0.4) is 0 Å². The SMILES string of the molecule is CCOC(Cc1ccc(OCCN(CCCCSc2ccccc2)C(=O)Nc2ccc(Oc3ccccc3)cc2)cc1)C(=O)O. The van der Waals surface area contributed by atoms with Crippen molar-refractivity contribution in [3.8, 4) is 17.2 Å². The first-order valence-electron chi connectivity index (χ1n) is 15.1. The largest absolute Gasteiger partial charge is 0.492 e. The van der Waals surface area contributed by atoms with Gasteiger partial charge in [0.25, 0.3) is 0 Å². The van der Waals surface area contributed by atoms with Gasteiger partial charge in [0, 0.05) is 30.2 Å². The molecule has 0 aromatic heterocycles. The van der Waals surface area contributed by atoms with Crippen molar-refractivity contribution in [1.82, 2.24) is 4.90 Å². The van der Waals surface area contributed by atoms with E-state index in [1.807, 2.05) is 109 Å². The summed E-state index contributed by atoms with van der Waals surface area (Å²) in [6.07, 6.45) is 1.22. The molecule has 1 atom stereocenters. The number of carboxylic acids is 1. The molecule has 1 unspecified atom stereocenters. The Bertz CT molecular complexity index is 1440. The highest BCUT2D eigenvalue weighted by Crippen LogP contribution is 2.23. The molecule has 0 saturated carbocycles. The minimum absolute atomic E-state index is 0.197. The van der Waals surface area contributed by atoms with Crippen molar-refractivity contribution >= 4 is 29.4 Å². The molecule has 9 heteroatoms. The number of benzene rings is 4. The zero-order valence-corrected chi connectivity index (χ0v) is 26.3. The number of urea groups is 1. The molecule has 4 aromatic rings. The van der Waals surface area contributed by atoms with E-state index < -0.39 is 12.1 Å². The fourth-order valence-electron chi connectivity index (χ4n) is 4.49. The molecular weight excluding hydrogens is 588 g/mol. The lowest BCUT2D eigenvalue weighted by atomic mass is 10.1. The molecule has 0 aliphatic heterocycles. The lowest BCUT2D eigenvalue weighted by Crippen LogP contribution is -2.38. The van der Waals surface area contributed by atoms with Crippen LogP contribution in [0.4, 0.5) is 10.5 Å². The average molecular weight is 629 g/mol. The Balaban J connectivity index is 1.30. The summed E-state index contributed by atoms with van der Waals surface area (Å²) in [6, 6.07) is 34.2. The minimum Gasteiger partial charge on any atom is -0.492 e. The number of para-hydroxylation sites is 1. The van der Waals surface area contributed by atoms with Crippen LogP contribution < -0.4 is 14.8 Å². The van der Waals surface area contributed by atoms with E-state index in [4.69, 9.17) is 14.2 Å². The van der Waals surface area contributed by atoms with Crippen molar-refractivity contribution in [2.45, 2.75) is 37.2 Å². The van der Waals surface area contributed by atoms with Gasteiger partial charge in [0.05, 0.1) is 6.54 Å². The maximum atomic E-state index is 13.3. The number of ether oxygens (including phenoxy) is 3. The first kappa shape index (κ1) is 33.4. The van der Waals surface area contributed by atoms with Crippen molar-refractivity contribution < 1.29 is 28.9 Å². The van der Waals surface area contributed by atoms with Crippen molar-refractivity contribution in [3.63, 3.8) is 0 Å². The number of carboxylic acid groups (broad SMARTS) is 1. The Morgan fingerprint density at radius 1 is 0.800 bits per heavy atom. The number of nitrogens with one attached hydrogen (secondary N) is 1. The summed E-state index contributed by atoms with van der Waals surface area (Å²) in [6.45, 7) is 3.42. The van der Waals surface area contributed by atoms with Gasteiger partial charge < -0.3 is 29.5 Å². The zero-order valence-electron chi connectivity index (χ0n) is 25.5. The normalized spacial score (nSPS) is 11.4. The van der Waals surface area contributed by atoms with E-state index in [2.05, 4.69) is 17.4 Å². The third kappa shape index (κ3) is 11.9. The van der Waals surface area contributed by atoms with Gasteiger partial charge in [-0.05, 0) is 91.7 Å². The van der Waals surface area contributed by atoms with E-state index in [0.29, 0.717) is 43.5 Å². The summed E-state index contributed by atoms with van der Waals surface area (Å²) in [4.78, 5) is 27.7. The number of hydrogen-bond acceptors (Lipinski definition) is 6. The van der Waals surface area contributed by atoms with Gasteiger partial charge in [-0.1, -0.05) is 48.5 Å². The predicted molar refractivity (Wildman–Crippen MR) is 179 cm³/mol. The van der Waals surface area contributed by atoms with E-state index in [0.717, 1.165) is 29.9 Å². The fourth-order valence-corrected chi connectivity index (χ4v) is 5.42. The molecule has 0 radical (unpaired) electrons. The van der Waals surface area contributed by atoms with Crippen LogP contribution in [-0.4, -0.2) is 60.2 Å². The van der Waals surface area contributed by atoms with Crippen molar-refractivity contribution in [2.24, 2.45) is 0 Å². The minimum atomic E-state index is -0.981.